The number of halogens is 1. The van der Waals surface area contributed by atoms with Gasteiger partial charge in [-0.05, 0) is 40.5 Å². The summed E-state index contributed by atoms with van der Waals surface area (Å²) in [6.07, 6.45) is 2.70. The van der Waals surface area contributed by atoms with Crippen molar-refractivity contribution in [1.82, 2.24) is 0 Å². The quantitative estimate of drug-likeness (QED) is 0.218. The van der Waals surface area contributed by atoms with Crippen LogP contribution in [0.25, 0.3) is 0 Å². The molecule has 0 aliphatic carbocycles. The molecular formula is C15H30ClO5P. The predicted molar refractivity (Wildman–Crippen MR) is 89.7 cm³/mol. The van der Waals surface area contributed by atoms with Crippen LogP contribution in [-0.2, 0) is 23.1 Å². The lowest BCUT2D eigenvalue weighted by atomic mass is 10.1. The summed E-state index contributed by atoms with van der Waals surface area (Å²) in [5.41, 5.74) is 0. The van der Waals surface area contributed by atoms with Gasteiger partial charge in [0.2, 0.25) is 0 Å². The molecule has 0 aliphatic rings. The molecule has 0 aromatic heterocycles. The van der Waals surface area contributed by atoms with Crippen LogP contribution >= 0.6 is 19.2 Å². The first-order valence-electron chi connectivity index (χ1n) is 7.93. The number of carbonyl (C=O) groups is 1. The molecule has 0 saturated carbocycles. The summed E-state index contributed by atoms with van der Waals surface area (Å²) >= 11 is 5.49. The highest BCUT2D eigenvalue weighted by molar-refractivity contribution is 7.53. The number of unbranched alkanes of at least 4 members (excludes halogenated alkanes) is 2. The highest BCUT2D eigenvalue weighted by Gasteiger charge is 2.33. The lowest BCUT2D eigenvalue weighted by molar-refractivity contribution is -0.145. The van der Waals surface area contributed by atoms with Crippen LogP contribution in [0.3, 0.4) is 0 Å². The molecule has 0 unspecified atom stereocenters. The summed E-state index contributed by atoms with van der Waals surface area (Å²) in [7, 11) is -3.32. The average Bonchev–Trinajstić information content (AvgIpc) is 2.36. The van der Waals surface area contributed by atoms with Gasteiger partial charge < -0.3 is 13.8 Å². The zero-order valence-corrected chi connectivity index (χ0v) is 16.0. The minimum Gasteiger partial charge on any atom is -0.461 e. The number of hydrogen-bond acceptors (Lipinski definition) is 5. The fourth-order valence-corrected chi connectivity index (χ4v) is 4.36. The van der Waals surface area contributed by atoms with Crippen molar-refractivity contribution in [2.24, 2.45) is 0 Å². The molecule has 0 saturated heterocycles. The molecule has 0 amide bonds. The van der Waals surface area contributed by atoms with E-state index in [2.05, 4.69) is 6.92 Å². The minimum atomic E-state index is -3.32. The molecule has 5 nitrogen and oxygen atoms in total. The van der Waals surface area contributed by atoms with Crippen molar-refractivity contribution < 1.29 is 23.1 Å². The molecule has 0 aliphatic heterocycles. The molecule has 7 heteroatoms. The van der Waals surface area contributed by atoms with Crippen LogP contribution in [-0.4, -0.2) is 36.3 Å². The Morgan fingerprint density at radius 3 is 2.05 bits per heavy atom. The van der Waals surface area contributed by atoms with Crippen LogP contribution in [0, 0.1) is 0 Å². The molecule has 0 spiro atoms. The van der Waals surface area contributed by atoms with E-state index in [9.17, 15) is 9.36 Å². The predicted octanol–water partition coefficient (Wildman–Crippen LogP) is 4.76. The van der Waals surface area contributed by atoms with E-state index < -0.39 is 19.7 Å². The van der Waals surface area contributed by atoms with Crippen LogP contribution in [0.4, 0.5) is 0 Å². The van der Waals surface area contributed by atoms with E-state index in [0.717, 1.165) is 19.3 Å². The molecule has 0 bridgehead atoms. The Hall–Kier alpha value is -0.0900. The Labute approximate surface area is 139 Å². The second-order valence-corrected chi connectivity index (χ2v) is 8.12. The SMILES string of the molecule is CCCCC[C@H](CP(=O)(OC(C)C)OC(C)C)OC(=O)CCl. The largest absolute Gasteiger partial charge is 0.461 e. The summed E-state index contributed by atoms with van der Waals surface area (Å²) in [4.78, 5) is 11.5. The fourth-order valence-electron chi connectivity index (χ4n) is 2.03. The van der Waals surface area contributed by atoms with Crippen molar-refractivity contribution in [3.8, 4) is 0 Å². The van der Waals surface area contributed by atoms with Crippen molar-refractivity contribution in [2.75, 3.05) is 12.0 Å². The Balaban J connectivity index is 4.90. The van der Waals surface area contributed by atoms with Gasteiger partial charge in [0.25, 0.3) is 0 Å². The first-order valence-corrected chi connectivity index (χ1v) is 10.2. The van der Waals surface area contributed by atoms with Crippen molar-refractivity contribution in [3.05, 3.63) is 0 Å². The molecule has 0 radical (unpaired) electrons. The van der Waals surface area contributed by atoms with Gasteiger partial charge in [0, 0.05) is 0 Å². The molecule has 0 fully saturated rings. The maximum atomic E-state index is 12.9. The molecule has 132 valence electrons. The number of hydrogen-bond donors (Lipinski definition) is 0. The number of rotatable bonds is 12. The minimum absolute atomic E-state index is 0.0652. The van der Waals surface area contributed by atoms with Gasteiger partial charge in [-0.15, -0.1) is 11.6 Å². The third-order valence-electron chi connectivity index (χ3n) is 2.71. The molecule has 0 rings (SSSR count). The molecule has 0 aromatic carbocycles. The summed E-state index contributed by atoms with van der Waals surface area (Å²) in [6.45, 7) is 9.29. The number of ether oxygens (including phenoxy) is 1. The summed E-state index contributed by atoms with van der Waals surface area (Å²) in [5.74, 6) is -0.728. The van der Waals surface area contributed by atoms with Crippen LogP contribution in [0.5, 0.6) is 0 Å². The van der Waals surface area contributed by atoms with Gasteiger partial charge in [-0.2, -0.15) is 0 Å². The van der Waals surface area contributed by atoms with E-state index >= 15 is 0 Å². The zero-order valence-electron chi connectivity index (χ0n) is 14.3. The van der Waals surface area contributed by atoms with Gasteiger partial charge in [0.05, 0.1) is 18.4 Å². The third kappa shape index (κ3) is 10.6. The molecule has 0 N–H and O–H groups in total. The lowest BCUT2D eigenvalue weighted by Crippen LogP contribution is -2.25. The first kappa shape index (κ1) is 21.9. The van der Waals surface area contributed by atoms with Gasteiger partial charge in [-0.25, -0.2) is 0 Å². The van der Waals surface area contributed by atoms with Crippen LogP contribution in [0.15, 0.2) is 0 Å². The zero-order chi connectivity index (χ0) is 17.2. The topological polar surface area (TPSA) is 61.8 Å². The van der Waals surface area contributed by atoms with Crippen LogP contribution < -0.4 is 0 Å². The van der Waals surface area contributed by atoms with Gasteiger partial charge in [0.15, 0.2) is 0 Å². The molecule has 0 aromatic rings. The van der Waals surface area contributed by atoms with Crippen molar-refractivity contribution >= 4 is 25.2 Å². The van der Waals surface area contributed by atoms with E-state index in [4.69, 9.17) is 25.4 Å². The maximum Gasteiger partial charge on any atom is 0.334 e. The van der Waals surface area contributed by atoms with Crippen molar-refractivity contribution in [3.63, 3.8) is 0 Å². The number of esters is 1. The Kier molecular flexibility index (Phi) is 11.4. The molecule has 1 atom stereocenters. The van der Waals surface area contributed by atoms with E-state index in [1.165, 1.54) is 0 Å². The van der Waals surface area contributed by atoms with Gasteiger partial charge in [0.1, 0.15) is 12.0 Å². The number of alkyl halides is 1. The summed E-state index contributed by atoms with van der Waals surface area (Å²) in [6, 6.07) is 0. The maximum absolute atomic E-state index is 12.9. The molecule has 22 heavy (non-hydrogen) atoms. The Bertz CT molecular complexity index is 346. The van der Waals surface area contributed by atoms with E-state index in [0.29, 0.717) is 6.42 Å². The summed E-state index contributed by atoms with van der Waals surface area (Å²) in [5, 5.41) is 0. The highest BCUT2D eigenvalue weighted by Crippen LogP contribution is 2.51. The van der Waals surface area contributed by atoms with E-state index in [1.807, 2.05) is 0 Å². The second kappa shape index (κ2) is 11.4. The smallest absolute Gasteiger partial charge is 0.334 e. The third-order valence-corrected chi connectivity index (χ3v) is 5.27. The Morgan fingerprint density at radius 1 is 1.09 bits per heavy atom. The lowest BCUT2D eigenvalue weighted by Gasteiger charge is -2.26. The second-order valence-electron chi connectivity index (χ2n) is 5.84. The van der Waals surface area contributed by atoms with Gasteiger partial charge in [-0.3, -0.25) is 9.36 Å². The van der Waals surface area contributed by atoms with Crippen LogP contribution in [0.2, 0.25) is 0 Å². The van der Waals surface area contributed by atoms with Gasteiger partial charge in [-0.1, -0.05) is 19.8 Å². The molecular weight excluding hydrogens is 327 g/mol. The van der Waals surface area contributed by atoms with E-state index in [1.54, 1.807) is 27.7 Å². The first-order chi connectivity index (χ1) is 10.2. The Morgan fingerprint density at radius 2 is 1.64 bits per heavy atom. The van der Waals surface area contributed by atoms with E-state index in [-0.39, 0.29) is 24.2 Å². The number of carbonyl (C=O) groups excluding carboxylic acids is 1. The monoisotopic (exact) mass is 356 g/mol. The van der Waals surface area contributed by atoms with Crippen LogP contribution in [0.1, 0.15) is 60.3 Å². The molecule has 0 heterocycles. The fraction of sp³-hybridized carbons (Fsp3) is 0.933. The normalized spacial score (nSPS) is 13.6. The summed E-state index contributed by atoms with van der Waals surface area (Å²) < 4.78 is 29.2. The van der Waals surface area contributed by atoms with Crippen molar-refractivity contribution in [1.29, 1.82) is 0 Å². The average molecular weight is 357 g/mol. The highest BCUT2D eigenvalue weighted by atomic mass is 35.5. The van der Waals surface area contributed by atoms with Crippen molar-refractivity contribution in [2.45, 2.75) is 78.6 Å². The standard InChI is InChI=1S/C15H30ClO5P/c1-6-7-8-9-14(19-15(17)10-16)11-22(18,20-12(2)3)21-13(4)5/h12-14H,6-11H2,1-5H3/t14-/m1/s1. The van der Waals surface area contributed by atoms with Gasteiger partial charge >= 0.3 is 13.6 Å².